The summed E-state index contributed by atoms with van der Waals surface area (Å²) in [4.78, 5) is 6.75. The van der Waals surface area contributed by atoms with Gasteiger partial charge in [0.05, 0.1) is 0 Å². The fourth-order valence-electron chi connectivity index (χ4n) is 3.99. The third-order valence-corrected chi connectivity index (χ3v) is 5.68. The van der Waals surface area contributed by atoms with E-state index >= 15 is 0 Å². The molecule has 0 saturated heterocycles. The molecule has 3 rings (SSSR count). The fraction of sp³-hybridized carbons (Fsp3) is 0.609. The van der Waals surface area contributed by atoms with Gasteiger partial charge in [0, 0.05) is 58.3 Å². The van der Waals surface area contributed by atoms with Crippen molar-refractivity contribution >= 4 is 11.6 Å². The second-order valence-corrected chi connectivity index (χ2v) is 7.79. The molecule has 7 heteroatoms. The number of hydrogen-bond acceptors (Lipinski definition) is 4. The van der Waals surface area contributed by atoms with E-state index in [9.17, 15) is 0 Å². The molecule has 1 aliphatic heterocycles. The summed E-state index contributed by atoms with van der Waals surface area (Å²) in [7, 11) is 1.83. The predicted octanol–water partition coefficient (Wildman–Crippen LogP) is 3.02. The van der Waals surface area contributed by atoms with E-state index in [-0.39, 0.29) is 0 Å². The van der Waals surface area contributed by atoms with Gasteiger partial charge in [-0.1, -0.05) is 24.6 Å². The molecule has 1 aromatic heterocycles. The zero-order valence-electron chi connectivity index (χ0n) is 18.6. The maximum absolute atomic E-state index is 4.42. The zero-order chi connectivity index (χ0) is 21.0. The predicted molar refractivity (Wildman–Crippen MR) is 124 cm³/mol. The SMILES string of the molecule is CCN(CCCNC(=NC)NCCCc1nnc2n1CCCCC2)c1ccccc1. The Morgan fingerprint density at radius 1 is 1.07 bits per heavy atom. The van der Waals surface area contributed by atoms with Gasteiger partial charge in [-0.05, 0) is 44.7 Å². The lowest BCUT2D eigenvalue weighted by atomic mass is 10.2. The number of anilines is 1. The molecule has 2 N–H and O–H groups in total. The van der Waals surface area contributed by atoms with Crippen molar-refractivity contribution in [1.82, 2.24) is 25.4 Å². The van der Waals surface area contributed by atoms with Gasteiger partial charge >= 0.3 is 0 Å². The summed E-state index contributed by atoms with van der Waals surface area (Å²) in [5.41, 5.74) is 1.29. The van der Waals surface area contributed by atoms with Crippen LogP contribution in [0.1, 0.15) is 50.7 Å². The molecular weight excluding hydrogens is 374 g/mol. The molecule has 0 spiro atoms. The highest BCUT2D eigenvalue weighted by molar-refractivity contribution is 5.79. The molecule has 7 nitrogen and oxygen atoms in total. The van der Waals surface area contributed by atoms with E-state index in [0.29, 0.717) is 0 Å². The van der Waals surface area contributed by atoms with Crippen molar-refractivity contribution in [1.29, 1.82) is 0 Å². The van der Waals surface area contributed by atoms with Crippen molar-refractivity contribution in [2.24, 2.45) is 4.99 Å². The summed E-state index contributed by atoms with van der Waals surface area (Å²) in [6, 6.07) is 10.6. The smallest absolute Gasteiger partial charge is 0.190 e. The Balaban J connectivity index is 1.33. The van der Waals surface area contributed by atoms with Crippen molar-refractivity contribution < 1.29 is 0 Å². The first-order valence-corrected chi connectivity index (χ1v) is 11.5. The molecule has 2 aromatic rings. The molecule has 0 bridgehead atoms. The number of aliphatic imine (C=N–C) groups is 1. The molecule has 2 heterocycles. The molecule has 0 amide bonds. The molecule has 0 fully saturated rings. The van der Waals surface area contributed by atoms with Gasteiger partial charge < -0.3 is 20.1 Å². The zero-order valence-corrected chi connectivity index (χ0v) is 18.6. The van der Waals surface area contributed by atoms with Gasteiger partial charge in [-0.3, -0.25) is 4.99 Å². The number of para-hydroxylation sites is 1. The maximum atomic E-state index is 4.42. The monoisotopic (exact) mass is 411 g/mol. The fourth-order valence-corrected chi connectivity index (χ4v) is 3.99. The molecular formula is C23H37N7. The van der Waals surface area contributed by atoms with E-state index in [0.717, 1.165) is 70.2 Å². The first-order chi connectivity index (χ1) is 14.8. The van der Waals surface area contributed by atoms with E-state index in [1.165, 1.54) is 30.8 Å². The van der Waals surface area contributed by atoms with Crippen LogP contribution < -0.4 is 15.5 Å². The second kappa shape index (κ2) is 12.2. The summed E-state index contributed by atoms with van der Waals surface area (Å²) in [6.45, 7) is 7.11. The van der Waals surface area contributed by atoms with Crippen LogP contribution in [0.15, 0.2) is 35.3 Å². The van der Waals surface area contributed by atoms with Crippen molar-refractivity contribution in [3.63, 3.8) is 0 Å². The van der Waals surface area contributed by atoms with Gasteiger partial charge in [0.25, 0.3) is 0 Å². The quantitative estimate of drug-likeness (QED) is 0.357. The van der Waals surface area contributed by atoms with E-state index in [2.05, 4.69) is 72.5 Å². The third-order valence-electron chi connectivity index (χ3n) is 5.68. The summed E-state index contributed by atoms with van der Waals surface area (Å²) in [6.07, 6.45) is 7.90. The molecule has 0 radical (unpaired) electrons. The lowest BCUT2D eigenvalue weighted by Crippen LogP contribution is -2.39. The van der Waals surface area contributed by atoms with Crippen molar-refractivity contribution in [2.75, 3.05) is 38.1 Å². The first-order valence-electron chi connectivity index (χ1n) is 11.5. The number of rotatable bonds is 10. The number of benzene rings is 1. The number of nitrogens with one attached hydrogen (secondary N) is 2. The number of guanidine groups is 1. The van der Waals surface area contributed by atoms with E-state index in [1.54, 1.807) is 0 Å². The van der Waals surface area contributed by atoms with Crippen molar-refractivity contribution in [3.8, 4) is 0 Å². The Morgan fingerprint density at radius 3 is 2.63 bits per heavy atom. The van der Waals surface area contributed by atoms with Crippen LogP contribution in [0.5, 0.6) is 0 Å². The molecule has 0 atom stereocenters. The van der Waals surface area contributed by atoms with Gasteiger partial charge in [0.1, 0.15) is 11.6 Å². The second-order valence-electron chi connectivity index (χ2n) is 7.79. The molecule has 30 heavy (non-hydrogen) atoms. The number of aryl methyl sites for hydroxylation is 2. The number of nitrogens with zero attached hydrogens (tertiary/aromatic N) is 5. The van der Waals surface area contributed by atoms with Crippen molar-refractivity contribution in [2.45, 2.75) is 58.4 Å². The van der Waals surface area contributed by atoms with Gasteiger partial charge in [0.2, 0.25) is 0 Å². The van der Waals surface area contributed by atoms with Crippen LogP contribution in [0.3, 0.4) is 0 Å². The molecule has 1 aliphatic rings. The van der Waals surface area contributed by atoms with Crippen LogP contribution >= 0.6 is 0 Å². The van der Waals surface area contributed by atoms with Crippen LogP contribution in [0.25, 0.3) is 0 Å². The minimum atomic E-state index is 0.873. The highest BCUT2D eigenvalue weighted by Crippen LogP contribution is 2.15. The average Bonchev–Trinajstić information content (AvgIpc) is 3.01. The Kier molecular flexibility index (Phi) is 9.00. The largest absolute Gasteiger partial charge is 0.372 e. The van der Waals surface area contributed by atoms with Crippen LogP contribution in [-0.2, 0) is 19.4 Å². The first kappa shape index (κ1) is 22.1. The number of fused-ring (bicyclic) bond motifs is 1. The minimum Gasteiger partial charge on any atom is -0.372 e. The van der Waals surface area contributed by atoms with Crippen LogP contribution in [-0.4, -0.2) is 54.0 Å². The van der Waals surface area contributed by atoms with Crippen molar-refractivity contribution in [3.05, 3.63) is 42.0 Å². The summed E-state index contributed by atoms with van der Waals surface area (Å²) >= 11 is 0. The van der Waals surface area contributed by atoms with Gasteiger partial charge in [-0.25, -0.2) is 0 Å². The highest BCUT2D eigenvalue weighted by Gasteiger charge is 2.14. The highest BCUT2D eigenvalue weighted by atomic mass is 15.3. The van der Waals surface area contributed by atoms with Gasteiger partial charge in [-0.15, -0.1) is 10.2 Å². The summed E-state index contributed by atoms with van der Waals surface area (Å²) in [5.74, 6) is 3.18. The number of hydrogen-bond donors (Lipinski definition) is 2. The van der Waals surface area contributed by atoms with Gasteiger partial charge in [-0.2, -0.15) is 0 Å². The summed E-state index contributed by atoms with van der Waals surface area (Å²) in [5, 5.41) is 15.7. The lowest BCUT2D eigenvalue weighted by molar-refractivity contribution is 0.593. The maximum Gasteiger partial charge on any atom is 0.190 e. The van der Waals surface area contributed by atoms with Gasteiger partial charge in [0.15, 0.2) is 5.96 Å². The average molecular weight is 412 g/mol. The van der Waals surface area contributed by atoms with Crippen LogP contribution in [0.4, 0.5) is 5.69 Å². The lowest BCUT2D eigenvalue weighted by Gasteiger charge is -2.23. The van der Waals surface area contributed by atoms with E-state index < -0.39 is 0 Å². The van der Waals surface area contributed by atoms with E-state index in [4.69, 9.17) is 0 Å². The third kappa shape index (κ3) is 6.47. The topological polar surface area (TPSA) is 70.4 Å². The van der Waals surface area contributed by atoms with Crippen LogP contribution in [0.2, 0.25) is 0 Å². The Labute approximate surface area is 181 Å². The Bertz CT molecular complexity index is 769. The van der Waals surface area contributed by atoms with E-state index in [1.807, 2.05) is 7.05 Å². The Morgan fingerprint density at radius 2 is 1.87 bits per heavy atom. The normalized spacial score (nSPS) is 14.1. The Hall–Kier alpha value is -2.57. The molecule has 0 aliphatic carbocycles. The minimum absolute atomic E-state index is 0.873. The number of aromatic nitrogens is 3. The molecule has 164 valence electrons. The molecule has 0 saturated carbocycles. The summed E-state index contributed by atoms with van der Waals surface area (Å²) < 4.78 is 2.34. The van der Waals surface area contributed by atoms with Crippen LogP contribution in [0, 0.1) is 0 Å². The standard InChI is InChI=1S/C23H37N7/c1-3-29(20-12-6-4-7-13-20)18-11-17-26-23(24-2)25-16-10-15-22-28-27-21-14-8-5-9-19-30(21)22/h4,6-7,12-13H,3,5,8-11,14-19H2,1-2H3,(H2,24,25,26). The molecule has 1 aromatic carbocycles. The molecule has 0 unspecified atom stereocenters.